The van der Waals surface area contributed by atoms with Crippen LogP contribution in [0.25, 0.3) is 26.2 Å². The molecule has 0 amide bonds. The lowest BCUT2D eigenvalue weighted by atomic mass is 9.71. The summed E-state index contributed by atoms with van der Waals surface area (Å²) in [6, 6.07) is 14.6. The minimum absolute atomic E-state index is 0.439. The first-order valence-electron chi connectivity index (χ1n) is 8.75. The van der Waals surface area contributed by atoms with E-state index in [2.05, 4.69) is 46.9 Å². The van der Waals surface area contributed by atoms with Crippen molar-refractivity contribution in [2.75, 3.05) is 6.51 Å². The summed E-state index contributed by atoms with van der Waals surface area (Å²) in [5.74, 6) is 0. The Labute approximate surface area is 157 Å². The molecule has 0 unspecified atom stereocenters. The maximum absolute atomic E-state index is 10.2. The zero-order valence-electron chi connectivity index (χ0n) is 15.5. The van der Waals surface area contributed by atoms with Crippen LogP contribution in [0.4, 0.5) is 0 Å². The van der Waals surface area contributed by atoms with E-state index in [0.717, 1.165) is 21.5 Å². The number of aromatic nitrogens is 2. The minimum atomic E-state index is -0.905. The van der Waals surface area contributed by atoms with Crippen molar-refractivity contribution in [1.82, 2.24) is 9.38 Å². The van der Waals surface area contributed by atoms with E-state index in [1.54, 1.807) is 25.2 Å². The van der Waals surface area contributed by atoms with E-state index in [9.17, 15) is 5.11 Å². The van der Waals surface area contributed by atoms with Gasteiger partial charge in [0, 0.05) is 6.51 Å². The fraction of sp³-hybridized carbons (Fsp3) is 0.350. The third-order valence-electron chi connectivity index (χ3n) is 5.19. The molecule has 0 saturated heterocycles. The molecule has 0 aliphatic heterocycles. The first kappa shape index (κ1) is 17.5. The summed E-state index contributed by atoms with van der Waals surface area (Å²) in [7, 11) is 2.04. The fourth-order valence-electron chi connectivity index (χ4n) is 2.85. The molecular weight excluding hydrogens is 343 g/mol. The molecule has 133 valence electrons. The zero-order valence-corrected chi connectivity index (χ0v) is 16.3. The Morgan fingerprint density at radius 2 is 1.88 bits per heavy atom. The molecule has 0 saturated carbocycles. The molecule has 1 N–H and O–H groups in total. The first-order valence-corrected chi connectivity index (χ1v) is 9.57. The standard InChI is InChI=1S/C20H22BN2O2S/c1-19(2,24)20(3,4)25-12-21-13-9-10-14-16(11-13)23-15-7-5-6-8-17(15)26-18(23)22-14/h5-11,24H,12H2,1-4H3. The maximum Gasteiger partial charge on any atom is 0.195 e. The molecule has 6 heteroatoms. The maximum atomic E-state index is 10.2. The van der Waals surface area contributed by atoms with E-state index < -0.39 is 11.2 Å². The topological polar surface area (TPSA) is 46.8 Å². The van der Waals surface area contributed by atoms with Crippen LogP contribution in [0.15, 0.2) is 42.5 Å². The van der Waals surface area contributed by atoms with Gasteiger partial charge in [0.25, 0.3) is 0 Å². The number of imidazole rings is 1. The molecular formula is C20H22BN2O2S. The second kappa shape index (κ2) is 6.08. The quantitative estimate of drug-likeness (QED) is 0.550. The van der Waals surface area contributed by atoms with Gasteiger partial charge < -0.3 is 9.84 Å². The van der Waals surface area contributed by atoms with Crippen LogP contribution in [-0.4, -0.2) is 39.5 Å². The molecule has 4 nitrogen and oxygen atoms in total. The van der Waals surface area contributed by atoms with Gasteiger partial charge in [0.1, 0.15) is 0 Å². The van der Waals surface area contributed by atoms with Gasteiger partial charge in [-0.1, -0.05) is 35.0 Å². The number of para-hydroxylation sites is 1. The number of rotatable bonds is 5. The Balaban J connectivity index is 1.64. The Morgan fingerprint density at radius 1 is 1.12 bits per heavy atom. The Hall–Kier alpha value is -1.89. The molecule has 0 fully saturated rings. The number of fused-ring (bicyclic) bond motifs is 5. The number of aliphatic hydroxyl groups is 1. The number of benzene rings is 2. The van der Waals surface area contributed by atoms with Gasteiger partial charge in [-0.25, -0.2) is 4.98 Å². The Kier molecular flexibility index (Phi) is 4.10. The summed E-state index contributed by atoms with van der Waals surface area (Å²) >= 11 is 1.71. The summed E-state index contributed by atoms with van der Waals surface area (Å²) < 4.78 is 9.36. The van der Waals surface area contributed by atoms with E-state index >= 15 is 0 Å². The average Bonchev–Trinajstić information content (AvgIpc) is 3.09. The van der Waals surface area contributed by atoms with Crippen molar-refractivity contribution in [2.24, 2.45) is 0 Å². The highest BCUT2D eigenvalue weighted by Crippen LogP contribution is 2.29. The monoisotopic (exact) mass is 365 g/mol. The molecule has 2 heterocycles. The fourth-order valence-corrected chi connectivity index (χ4v) is 3.89. The molecule has 1 radical (unpaired) electrons. The van der Waals surface area contributed by atoms with Gasteiger partial charge in [-0.2, -0.15) is 0 Å². The van der Waals surface area contributed by atoms with Gasteiger partial charge in [-0.3, -0.25) is 4.40 Å². The van der Waals surface area contributed by atoms with Crippen molar-refractivity contribution in [2.45, 2.75) is 38.9 Å². The molecule has 0 atom stereocenters. The minimum Gasteiger partial charge on any atom is -0.387 e. The number of hydrogen-bond donors (Lipinski definition) is 1. The summed E-state index contributed by atoms with van der Waals surface area (Å²) in [4.78, 5) is 5.76. The van der Waals surface area contributed by atoms with Crippen LogP contribution in [0.2, 0.25) is 0 Å². The van der Waals surface area contributed by atoms with Crippen molar-refractivity contribution in [3.8, 4) is 0 Å². The molecule has 0 aliphatic rings. The third kappa shape index (κ3) is 2.92. The highest BCUT2D eigenvalue weighted by molar-refractivity contribution is 7.23. The predicted molar refractivity (Wildman–Crippen MR) is 110 cm³/mol. The SMILES string of the molecule is CC(C)(O)C(C)(C)OC[B]c1ccc2nc3sc4ccccc4n3c2c1. The molecule has 4 aromatic rings. The van der Waals surface area contributed by atoms with Crippen LogP contribution in [0.3, 0.4) is 0 Å². The van der Waals surface area contributed by atoms with E-state index in [4.69, 9.17) is 9.72 Å². The summed E-state index contributed by atoms with van der Waals surface area (Å²) in [5.41, 5.74) is 2.84. The second-order valence-electron chi connectivity index (χ2n) is 7.63. The average molecular weight is 365 g/mol. The normalized spacial score (nSPS) is 13.1. The summed E-state index contributed by atoms with van der Waals surface area (Å²) in [6.45, 7) is 7.78. The largest absolute Gasteiger partial charge is 0.387 e. The first-order chi connectivity index (χ1) is 12.3. The summed E-state index contributed by atoms with van der Waals surface area (Å²) in [5, 5.41) is 10.2. The van der Waals surface area contributed by atoms with E-state index in [-0.39, 0.29) is 0 Å². The van der Waals surface area contributed by atoms with Gasteiger partial charge in [0.15, 0.2) is 12.2 Å². The van der Waals surface area contributed by atoms with Crippen molar-refractivity contribution < 1.29 is 9.84 Å². The van der Waals surface area contributed by atoms with Gasteiger partial charge >= 0.3 is 0 Å². The Bertz CT molecular complexity index is 1090. The third-order valence-corrected chi connectivity index (χ3v) is 6.21. The van der Waals surface area contributed by atoms with Crippen molar-refractivity contribution >= 4 is 50.3 Å². The smallest absolute Gasteiger partial charge is 0.195 e. The molecule has 26 heavy (non-hydrogen) atoms. The van der Waals surface area contributed by atoms with E-state index in [1.165, 1.54) is 10.2 Å². The van der Waals surface area contributed by atoms with Gasteiger partial charge in [-0.15, -0.1) is 0 Å². The van der Waals surface area contributed by atoms with Crippen LogP contribution >= 0.6 is 11.3 Å². The highest BCUT2D eigenvalue weighted by Gasteiger charge is 2.35. The number of thiazole rings is 1. The van der Waals surface area contributed by atoms with Gasteiger partial charge in [-0.05, 0) is 52.0 Å². The molecule has 0 aliphatic carbocycles. The van der Waals surface area contributed by atoms with E-state index in [0.29, 0.717) is 6.51 Å². The lowest BCUT2D eigenvalue weighted by Crippen LogP contribution is -2.48. The van der Waals surface area contributed by atoms with Gasteiger partial charge in [0.2, 0.25) is 0 Å². The number of ether oxygens (including phenoxy) is 1. The van der Waals surface area contributed by atoms with Crippen molar-refractivity contribution in [3.63, 3.8) is 0 Å². The second-order valence-corrected chi connectivity index (χ2v) is 8.64. The molecule has 2 aromatic carbocycles. The molecule has 2 aromatic heterocycles. The van der Waals surface area contributed by atoms with Crippen LogP contribution < -0.4 is 5.46 Å². The highest BCUT2D eigenvalue weighted by atomic mass is 32.1. The number of hydrogen-bond acceptors (Lipinski definition) is 4. The molecule has 0 spiro atoms. The predicted octanol–water partition coefficient (Wildman–Crippen LogP) is 3.56. The lowest BCUT2D eigenvalue weighted by Gasteiger charge is -2.37. The number of nitrogens with zero attached hydrogens (tertiary/aromatic N) is 2. The van der Waals surface area contributed by atoms with Crippen molar-refractivity contribution in [1.29, 1.82) is 0 Å². The van der Waals surface area contributed by atoms with Crippen LogP contribution in [-0.2, 0) is 4.74 Å². The molecule has 0 bridgehead atoms. The van der Waals surface area contributed by atoms with Crippen LogP contribution in [0, 0.1) is 0 Å². The summed E-state index contributed by atoms with van der Waals surface area (Å²) in [6.07, 6.45) is 0. The Morgan fingerprint density at radius 3 is 2.65 bits per heavy atom. The zero-order chi connectivity index (χ0) is 18.5. The van der Waals surface area contributed by atoms with Crippen LogP contribution in [0.5, 0.6) is 0 Å². The molecule has 4 rings (SSSR count). The van der Waals surface area contributed by atoms with Crippen LogP contribution in [0.1, 0.15) is 27.7 Å². The van der Waals surface area contributed by atoms with Gasteiger partial charge in [0.05, 0.1) is 32.5 Å². The van der Waals surface area contributed by atoms with Crippen molar-refractivity contribution in [3.05, 3.63) is 42.5 Å². The lowest BCUT2D eigenvalue weighted by molar-refractivity contribution is -0.135. The van der Waals surface area contributed by atoms with E-state index in [1.807, 2.05) is 21.1 Å².